The van der Waals surface area contributed by atoms with Gasteiger partial charge >= 0.3 is 6.03 Å². The predicted octanol–water partition coefficient (Wildman–Crippen LogP) is 4.87. The van der Waals surface area contributed by atoms with Crippen molar-refractivity contribution in [3.05, 3.63) is 58.1 Å². The summed E-state index contributed by atoms with van der Waals surface area (Å²) in [6.07, 6.45) is 2.07. The van der Waals surface area contributed by atoms with E-state index in [0.717, 1.165) is 25.9 Å². The van der Waals surface area contributed by atoms with Crippen LogP contribution in [-0.4, -0.2) is 29.9 Å². The van der Waals surface area contributed by atoms with Gasteiger partial charge in [0.15, 0.2) is 0 Å². The van der Waals surface area contributed by atoms with Crippen LogP contribution in [0.25, 0.3) is 0 Å². The number of carbonyl (C=O) groups is 2. The van der Waals surface area contributed by atoms with E-state index in [1.54, 1.807) is 41.3 Å². The SMILES string of the molecule is O=C(Nc1cccc(NC(=O)N2CCCC2)c1)c1ccc(Cl)c(Cl)c1. The molecular formula is C18H17Cl2N3O2. The molecule has 2 aromatic carbocycles. The molecule has 0 atom stereocenters. The Hall–Kier alpha value is -2.24. The molecule has 2 N–H and O–H groups in total. The lowest BCUT2D eigenvalue weighted by Crippen LogP contribution is -2.32. The van der Waals surface area contributed by atoms with Crippen LogP contribution in [-0.2, 0) is 0 Å². The van der Waals surface area contributed by atoms with Crippen LogP contribution in [0.1, 0.15) is 23.2 Å². The third-order valence-corrected chi connectivity index (χ3v) is 4.69. The van der Waals surface area contributed by atoms with Crippen LogP contribution in [0.2, 0.25) is 10.0 Å². The number of urea groups is 1. The number of nitrogens with one attached hydrogen (secondary N) is 2. The van der Waals surface area contributed by atoms with Crippen molar-refractivity contribution in [2.75, 3.05) is 23.7 Å². The molecule has 0 unspecified atom stereocenters. The molecule has 0 spiro atoms. The van der Waals surface area contributed by atoms with Gasteiger partial charge in [-0.1, -0.05) is 29.3 Å². The number of hydrogen-bond donors (Lipinski definition) is 2. The fourth-order valence-corrected chi connectivity index (χ4v) is 2.94. The van der Waals surface area contributed by atoms with Crippen LogP contribution < -0.4 is 10.6 Å². The zero-order chi connectivity index (χ0) is 17.8. The summed E-state index contributed by atoms with van der Waals surface area (Å²) in [5, 5.41) is 6.35. The second-order valence-corrected chi connectivity index (χ2v) is 6.60. The van der Waals surface area contributed by atoms with Gasteiger partial charge in [-0.15, -0.1) is 0 Å². The molecule has 5 nitrogen and oxygen atoms in total. The van der Waals surface area contributed by atoms with Gasteiger partial charge in [0.05, 0.1) is 10.0 Å². The van der Waals surface area contributed by atoms with E-state index in [-0.39, 0.29) is 11.9 Å². The molecule has 0 bridgehead atoms. The molecular weight excluding hydrogens is 361 g/mol. The van der Waals surface area contributed by atoms with E-state index < -0.39 is 0 Å². The smallest absolute Gasteiger partial charge is 0.321 e. The highest BCUT2D eigenvalue weighted by molar-refractivity contribution is 6.42. The molecule has 130 valence electrons. The molecule has 0 aromatic heterocycles. The normalized spacial score (nSPS) is 13.6. The zero-order valence-electron chi connectivity index (χ0n) is 13.4. The Kier molecular flexibility index (Phi) is 5.46. The van der Waals surface area contributed by atoms with Crippen molar-refractivity contribution in [2.24, 2.45) is 0 Å². The number of anilines is 2. The van der Waals surface area contributed by atoms with Gasteiger partial charge in [-0.05, 0) is 49.2 Å². The third-order valence-electron chi connectivity index (χ3n) is 3.95. The third kappa shape index (κ3) is 4.44. The van der Waals surface area contributed by atoms with E-state index >= 15 is 0 Å². The van der Waals surface area contributed by atoms with Gasteiger partial charge in [-0.25, -0.2) is 4.79 Å². The Morgan fingerprint density at radius 3 is 2.24 bits per heavy atom. The minimum Gasteiger partial charge on any atom is -0.325 e. The van der Waals surface area contributed by atoms with Crippen molar-refractivity contribution in [1.82, 2.24) is 4.90 Å². The average Bonchev–Trinajstić information content (AvgIpc) is 3.12. The summed E-state index contributed by atoms with van der Waals surface area (Å²) in [5.74, 6) is -0.304. The fraction of sp³-hybridized carbons (Fsp3) is 0.222. The summed E-state index contributed by atoms with van der Waals surface area (Å²) >= 11 is 11.8. The second-order valence-electron chi connectivity index (χ2n) is 5.79. The summed E-state index contributed by atoms with van der Waals surface area (Å²) in [6.45, 7) is 1.55. The van der Waals surface area contributed by atoms with Gasteiger partial charge in [-0.2, -0.15) is 0 Å². The van der Waals surface area contributed by atoms with E-state index in [0.29, 0.717) is 27.0 Å². The number of benzene rings is 2. The van der Waals surface area contributed by atoms with E-state index in [2.05, 4.69) is 10.6 Å². The molecule has 1 aliphatic heterocycles. The summed E-state index contributed by atoms with van der Waals surface area (Å²) in [5.41, 5.74) is 1.61. The molecule has 3 rings (SSSR count). The standard InChI is InChI=1S/C18H17Cl2N3O2/c19-15-7-6-12(10-16(15)20)17(24)21-13-4-3-5-14(11-13)22-18(25)23-8-1-2-9-23/h3-7,10-11H,1-2,8-9H2,(H,21,24)(H,22,25). The minimum atomic E-state index is -0.304. The molecule has 1 aliphatic rings. The Morgan fingerprint density at radius 2 is 1.56 bits per heavy atom. The van der Waals surface area contributed by atoms with Crippen LogP contribution in [0.15, 0.2) is 42.5 Å². The molecule has 0 radical (unpaired) electrons. The highest BCUT2D eigenvalue weighted by atomic mass is 35.5. The Morgan fingerprint density at radius 1 is 0.880 bits per heavy atom. The fourth-order valence-electron chi connectivity index (χ4n) is 2.64. The summed E-state index contributed by atoms with van der Waals surface area (Å²) in [4.78, 5) is 26.2. The Bertz CT molecular complexity index is 805. The summed E-state index contributed by atoms with van der Waals surface area (Å²) in [7, 11) is 0. The highest BCUT2D eigenvalue weighted by Gasteiger charge is 2.17. The summed E-state index contributed by atoms with van der Waals surface area (Å²) < 4.78 is 0. The monoisotopic (exact) mass is 377 g/mol. The second kappa shape index (κ2) is 7.76. The molecule has 3 amide bonds. The van der Waals surface area contributed by atoms with Gasteiger partial charge in [-0.3, -0.25) is 4.79 Å². The van der Waals surface area contributed by atoms with Gasteiger partial charge < -0.3 is 15.5 Å². The van der Waals surface area contributed by atoms with Crippen molar-refractivity contribution >= 4 is 46.5 Å². The van der Waals surface area contributed by atoms with Crippen molar-refractivity contribution in [3.8, 4) is 0 Å². The zero-order valence-corrected chi connectivity index (χ0v) is 14.9. The van der Waals surface area contributed by atoms with Crippen molar-refractivity contribution < 1.29 is 9.59 Å². The Labute approximate surface area is 155 Å². The topological polar surface area (TPSA) is 61.4 Å². The van der Waals surface area contributed by atoms with E-state index in [1.165, 1.54) is 6.07 Å². The van der Waals surface area contributed by atoms with Crippen LogP contribution in [0, 0.1) is 0 Å². The lowest BCUT2D eigenvalue weighted by molar-refractivity contribution is 0.102. The first kappa shape index (κ1) is 17.6. The maximum Gasteiger partial charge on any atom is 0.321 e. The van der Waals surface area contributed by atoms with Gasteiger partial charge in [0.2, 0.25) is 0 Å². The number of nitrogens with zero attached hydrogens (tertiary/aromatic N) is 1. The lowest BCUT2D eigenvalue weighted by atomic mass is 10.2. The minimum absolute atomic E-state index is 0.120. The largest absolute Gasteiger partial charge is 0.325 e. The van der Waals surface area contributed by atoms with E-state index in [1.807, 2.05) is 0 Å². The van der Waals surface area contributed by atoms with Crippen molar-refractivity contribution in [3.63, 3.8) is 0 Å². The molecule has 25 heavy (non-hydrogen) atoms. The Balaban J connectivity index is 1.67. The average molecular weight is 378 g/mol. The van der Waals surface area contributed by atoms with Crippen LogP contribution in [0.5, 0.6) is 0 Å². The van der Waals surface area contributed by atoms with Gasteiger partial charge in [0, 0.05) is 30.0 Å². The number of likely N-dealkylation sites (tertiary alicyclic amines) is 1. The van der Waals surface area contributed by atoms with Crippen LogP contribution in [0.3, 0.4) is 0 Å². The number of hydrogen-bond acceptors (Lipinski definition) is 2. The lowest BCUT2D eigenvalue weighted by Gasteiger charge is -2.16. The maximum absolute atomic E-state index is 12.3. The molecule has 7 heteroatoms. The maximum atomic E-state index is 12.3. The first-order valence-corrected chi connectivity index (χ1v) is 8.71. The first-order chi connectivity index (χ1) is 12.0. The molecule has 1 fully saturated rings. The summed E-state index contributed by atoms with van der Waals surface area (Å²) in [6, 6.07) is 11.6. The molecule has 1 saturated heterocycles. The molecule has 2 aromatic rings. The van der Waals surface area contributed by atoms with Gasteiger partial charge in [0.1, 0.15) is 0 Å². The van der Waals surface area contributed by atoms with Crippen LogP contribution >= 0.6 is 23.2 Å². The van der Waals surface area contributed by atoms with Crippen molar-refractivity contribution in [1.29, 1.82) is 0 Å². The molecule has 0 aliphatic carbocycles. The number of rotatable bonds is 3. The first-order valence-electron chi connectivity index (χ1n) is 7.95. The number of halogens is 2. The van der Waals surface area contributed by atoms with E-state index in [4.69, 9.17) is 23.2 Å². The quantitative estimate of drug-likeness (QED) is 0.800. The highest BCUT2D eigenvalue weighted by Crippen LogP contribution is 2.23. The number of carbonyl (C=O) groups excluding carboxylic acids is 2. The van der Waals surface area contributed by atoms with E-state index in [9.17, 15) is 9.59 Å². The molecule has 0 saturated carbocycles. The molecule has 1 heterocycles. The van der Waals surface area contributed by atoms with Crippen LogP contribution in [0.4, 0.5) is 16.2 Å². The number of amides is 3. The predicted molar refractivity (Wildman–Crippen MR) is 101 cm³/mol. The van der Waals surface area contributed by atoms with Gasteiger partial charge in [0.25, 0.3) is 5.91 Å². The van der Waals surface area contributed by atoms with Crippen molar-refractivity contribution in [2.45, 2.75) is 12.8 Å².